The maximum atomic E-state index is 4.02. The quantitative estimate of drug-likeness (QED) is 0.563. The summed E-state index contributed by atoms with van der Waals surface area (Å²) >= 11 is 0. The van der Waals surface area contributed by atoms with Gasteiger partial charge in [0.05, 0.1) is 12.4 Å². The van der Waals surface area contributed by atoms with E-state index >= 15 is 0 Å². The molecule has 0 amide bonds. The average Bonchev–Trinajstić information content (AvgIpc) is 1.86. The highest BCUT2D eigenvalue weighted by molar-refractivity contribution is 5.59. The lowest BCUT2D eigenvalue weighted by molar-refractivity contribution is 0.330. The Kier molecular flexibility index (Phi) is 2.03. The van der Waals surface area contributed by atoms with Gasteiger partial charge in [-0.2, -0.15) is 0 Å². The Hall–Kier alpha value is -0.790. The minimum atomic E-state index is 0.271. The van der Waals surface area contributed by atoms with Gasteiger partial charge in [0.15, 0.2) is 0 Å². The lowest BCUT2D eigenvalue weighted by Crippen LogP contribution is -2.41. The SMILES string of the molecule is CC1=CN=CNC1C(C)(C)C. The number of rotatable bonds is 0. The largest absolute Gasteiger partial charge is 0.369 e. The molecule has 1 N–H and O–H groups in total. The van der Waals surface area contributed by atoms with Gasteiger partial charge in [0, 0.05) is 6.20 Å². The Morgan fingerprint density at radius 3 is 2.45 bits per heavy atom. The zero-order valence-electron chi connectivity index (χ0n) is 7.68. The van der Waals surface area contributed by atoms with Crippen molar-refractivity contribution < 1.29 is 0 Å². The van der Waals surface area contributed by atoms with E-state index < -0.39 is 0 Å². The van der Waals surface area contributed by atoms with Crippen LogP contribution < -0.4 is 5.32 Å². The lowest BCUT2D eigenvalue weighted by Gasteiger charge is -2.32. The van der Waals surface area contributed by atoms with Crippen molar-refractivity contribution >= 4 is 6.34 Å². The molecule has 0 aromatic carbocycles. The Morgan fingerprint density at radius 2 is 2.09 bits per heavy atom. The molecule has 1 unspecified atom stereocenters. The van der Waals surface area contributed by atoms with Crippen LogP contribution in [0.5, 0.6) is 0 Å². The third kappa shape index (κ3) is 1.82. The first-order valence-corrected chi connectivity index (χ1v) is 3.96. The maximum Gasteiger partial charge on any atom is 0.0883 e. The third-order valence-electron chi connectivity index (χ3n) is 1.92. The summed E-state index contributed by atoms with van der Waals surface area (Å²) in [5.74, 6) is 0. The van der Waals surface area contributed by atoms with Gasteiger partial charge in [-0.3, -0.25) is 0 Å². The second-order valence-electron chi connectivity index (χ2n) is 4.12. The minimum Gasteiger partial charge on any atom is -0.369 e. The summed E-state index contributed by atoms with van der Waals surface area (Å²) in [4.78, 5) is 4.02. The molecule has 0 aromatic rings. The summed E-state index contributed by atoms with van der Waals surface area (Å²) in [6.45, 7) is 8.78. The molecule has 0 aromatic heterocycles. The van der Waals surface area contributed by atoms with E-state index in [-0.39, 0.29) is 5.41 Å². The van der Waals surface area contributed by atoms with E-state index in [2.05, 4.69) is 38.0 Å². The zero-order chi connectivity index (χ0) is 8.48. The van der Waals surface area contributed by atoms with Crippen LogP contribution in [0.2, 0.25) is 0 Å². The van der Waals surface area contributed by atoms with Crippen molar-refractivity contribution in [3.63, 3.8) is 0 Å². The van der Waals surface area contributed by atoms with Crippen molar-refractivity contribution in [2.45, 2.75) is 33.7 Å². The highest BCUT2D eigenvalue weighted by Crippen LogP contribution is 2.25. The van der Waals surface area contributed by atoms with Crippen LogP contribution in [0, 0.1) is 5.41 Å². The van der Waals surface area contributed by atoms with Crippen molar-refractivity contribution in [3.8, 4) is 0 Å². The van der Waals surface area contributed by atoms with Gasteiger partial charge in [0.25, 0.3) is 0 Å². The van der Waals surface area contributed by atoms with Gasteiger partial charge in [-0.15, -0.1) is 0 Å². The van der Waals surface area contributed by atoms with Gasteiger partial charge in [-0.1, -0.05) is 20.8 Å². The molecule has 0 radical (unpaired) electrons. The van der Waals surface area contributed by atoms with E-state index in [9.17, 15) is 0 Å². The molecule has 1 heterocycles. The van der Waals surface area contributed by atoms with E-state index in [0.717, 1.165) is 0 Å². The summed E-state index contributed by atoms with van der Waals surface area (Å²) < 4.78 is 0. The third-order valence-corrected chi connectivity index (χ3v) is 1.92. The first-order chi connectivity index (χ1) is 5.02. The molecule has 0 fully saturated rings. The number of hydrogen-bond donors (Lipinski definition) is 1. The highest BCUT2D eigenvalue weighted by atomic mass is 15.0. The molecule has 1 aliphatic heterocycles. The number of nitrogens with zero attached hydrogens (tertiary/aromatic N) is 1. The van der Waals surface area contributed by atoms with Gasteiger partial charge in [0.1, 0.15) is 0 Å². The standard InChI is InChI=1S/C9H16N2/c1-7-5-10-6-11-8(7)9(2,3)4/h5-6,8H,1-4H3,(H,10,11). The predicted octanol–water partition coefficient (Wildman–Crippen LogP) is 1.94. The summed E-state index contributed by atoms with van der Waals surface area (Å²) in [7, 11) is 0. The fourth-order valence-corrected chi connectivity index (χ4v) is 1.41. The first kappa shape index (κ1) is 8.31. The monoisotopic (exact) mass is 152 g/mol. The normalized spacial score (nSPS) is 24.4. The topological polar surface area (TPSA) is 24.4 Å². The van der Waals surface area contributed by atoms with Gasteiger partial charge in [0.2, 0.25) is 0 Å². The van der Waals surface area contributed by atoms with Crippen LogP contribution in [0.3, 0.4) is 0 Å². The number of hydrogen-bond acceptors (Lipinski definition) is 2. The van der Waals surface area contributed by atoms with Crippen LogP contribution in [0.15, 0.2) is 16.8 Å². The van der Waals surface area contributed by atoms with Crippen molar-refractivity contribution in [1.29, 1.82) is 0 Å². The summed E-state index contributed by atoms with van der Waals surface area (Å²) in [6.07, 6.45) is 3.69. The van der Waals surface area contributed by atoms with Crippen molar-refractivity contribution in [2.75, 3.05) is 0 Å². The molecular formula is C9H16N2. The van der Waals surface area contributed by atoms with E-state index in [1.807, 2.05) is 6.20 Å². The van der Waals surface area contributed by atoms with Crippen LogP contribution in [0.4, 0.5) is 0 Å². The molecule has 1 aliphatic rings. The van der Waals surface area contributed by atoms with Crippen LogP contribution >= 0.6 is 0 Å². The smallest absolute Gasteiger partial charge is 0.0883 e. The summed E-state index contributed by atoms with van der Waals surface area (Å²) in [5, 5.41) is 3.25. The molecule has 1 rings (SSSR count). The Morgan fingerprint density at radius 1 is 1.45 bits per heavy atom. The second kappa shape index (κ2) is 2.68. The minimum absolute atomic E-state index is 0.271. The average molecular weight is 152 g/mol. The van der Waals surface area contributed by atoms with Crippen LogP contribution in [0.25, 0.3) is 0 Å². The molecule has 0 spiro atoms. The summed E-state index contributed by atoms with van der Waals surface area (Å²) in [6, 6.07) is 0.431. The first-order valence-electron chi connectivity index (χ1n) is 3.96. The highest BCUT2D eigenvalue weighted by Gasteiger charge is 2.25. The van der Waals surface area contributed by atoms with E-state index in [1.165, 1.54) is 5.57 Å². The van der Waals surface area contributed by atoms with Crippen LogP contribution in [-0.4, -0.2) is 12.4 Å². The molecule has 62 valence electrons. The molecule has 2 heteroatoms. The molecule has 0 saturated carbocycles. The maximum absolute atomic E-state index is 4.02. The van der Waals surface area contributed by atoms with Crippen molar-refractivity contribution in [1.82, 2.24) is 5.32 Å². The lowest BCUT2D eigenvalue weighted by atomic mass is 9.83. The van der Waals surface area contributed by atoms with Crippen LogP contribution in [0.1, 0.15) is 27.7 Å². The molecule has 1 atom stereocenters. The van der Waals surface area contributed by atoms with E-state index in [4.69, 9.17) is 0 Å². The van der Waals surface area contributed by atoms with Crippen molar-refractivity contribution in [2.24, 2.45) is 10.4 Å². The van der Waals surface area contributed by atoms with Gasteiger partial charge in [-0.25, -0.2) is 4.99 Å². The Balaban J connectivity index is 2.76. The fraction of sp³-hybridized carbons (Fsp3) is 0.667. The predicted molar refractivity (Wildman–Crippen MR) is 48.6 cm³/mol. The number of aliphatic imine (C=N–C) groups is 1. The molecule has 0 aliphatic carbocycles. The van der Waals surface area contributed by atoms with Gasteiger partial charge in [-0.05, 0) is 17.9 Å². The molecule has 2 nitrogen and oxygen atoms in total. The number of nitrogens with one attached hydrogen (secondary N) is 1. The Labute approximate surface area is 68.4 Å². The fourth-order valence-electron chi connectivity index (χ4n) is 1.41. The van der Waals surface area contributed by atoms with Gasteiger partial charge < -0.3 is 5.32 Å². The Bertz CT molecular complexity index is 196. The van der Waals surface area contributed by atoms with Crippen molar-refractivity contribution in [3.05, 3.63) is 11.8 Å². The molecule has 11 heavy (non-hydrogen) atoms. The van der Waals surface area contributed by atoms with Gasteiger partial charge >= 0.3 is 0 Å². The summed E-state index contributed by atoms with van der Waals surface area (Å²) in [5.41, 5.74) is 1.58. The molecule has 0 saturated heterocycles. The molecular weight excluding hydrogens is 136 g/mol. The van der Waals surface area contributed by atoms with E-state index in [1.54, 1.807) is 6.34 Å². The second-order valence-corrected chi connectivity index (χ2v) is 4.12. The zero-order valence-corrected chi connectivity index (χ0v) is 7.68. The van der Waals surface area contributed by atoms with Crippen LogP contribution in [-0.2, 0) is 0 Å². The van der Waals surface area contributed by atoms with E-state index in [0.29, 0.717) is 6.04 Å². The molecule has 0 bridgehead atoms.